The molecule has 2 aromatic heterocycles. The Bertz CT molecular complexity index is 1170. The average Bonchev–Trinajstić information content (AvgIpc) is 3.45. The number of likely N-dealkylation sites (tertiary alicyclic amines) is 1. The van der Waals surface area contributed by atoms with E-state index in [1.165, 1.54) is 5.69 Å². The molecule has 0 saturated carbocycles. The number of anilines is 1. The van der Waals surface area contributed by atoms with Crippen molar-refractivity contribution in [3.05, 3.63) is 84.3 Å². The van der Waals surface area contributed by atoms with Crippen molar-refractivity contribution in [1.82, 2.24) is 14.5 Å². The molecule has 0 unspecified atom stereocenters. The van der Waals surface area contributed by atoms with Crippen LogP contribution in [0.4, 0.5) is 5.69 Å². The lowest BCUT2D eigenvalue weighted by molar-refractivity contribution is 0.0782. The van der Waals surface area contributed by atoms with Crippen LogP contribution in [0.5, 0.6) is 5.75 Å². The highest BCUT2D eigenvalue weighted by molar-refractivity contribution is 5.95. The zero-order valence-electron chi connectivity index (χ0n) is 17.9. The summed E-state index contributed by atoms with van der Waals surface area (Å²) in [7, 11) is 1.62. The van der Waals surface area contributed by atoms with Crippen molar-refractivity contribution >= 4 is 11.6 Å². The zero-order chi connectivity index (χ0) is 21.6. The molecule has 31 heavy (non-hydrogen) atoms. The van der Waals surface area contributed by atoms with E-state index < -0.39 is 0 Å². The van der Waals surface area contributed by atoms with Gasteiger partial charge in [0, 0.05) is 37.6 Å². The van der Waals surface area contributed by atoms with E-state index in [0.717, 1.165) is 23.5 Å². The van der Waals surface area contributed by atoms with Crippen LogP contribution in [-0.4, -0.2) is 47.1 Å². The Labute approximate surface area is 182 Å². The number of pyridine rings is 1. The highest BCUT2D eigenvalue weighted by Gasteiger charge is 2.50. The average molecular weight is 415 g/mol. The number of methoxy groups -OCH3 is 1. The van der Waals surface area contributed by atoms with Gasteiger partial charge in [0.25, 0.3) is 5.91 Å². The topological polar surface area (TPSA) is 50.6 Å². The fourth-order valence-electron chi connectivity index (χ4n) is 4.94. The van der Waals surface area contributed by atoms with Crippen LogP contribution >= 0.6 is 0 Å². The predicted molar refractivity (Wildman–Crippen MR) is 121 cm³/mol. The van der Waals surface area contributed by atoms with Crippen LogP contribution in [0.3, 0.4) is 0 Å². The molecule has 0 aliphatic carbocycles. The molecule has 0 bridgehead atoms. The minimum atomic E-state index is -0.326. The van der Waals surface area contributed by atoms with E-state index in [4.69, 9.17) is 4.74 Å². The van der Waals surface area contributed by atoms with E-state index in [0.29, 0.717) is 30.9 Å². The van der Waals surface area contributed by atoms with Crippen LogP contribution in [0.2, 0.25) is 0 Å². The third kappa shape index (κ3) is 3.02. The molecule has 1 fully saturated rings. The standard InChI is InChI=1S/C25H26N4O2/c1-18(2)16-29-21-9-5-12-26-23(21)28-13-6-10-22(28)25(29)11-14-27(17-25)24(30)19-7-4-8-20(15-19)31-3/h4-10,12-13,15H,1,11,14,16-17H2,2-3H3/t25-/m1/s1. The predicted octanol–water partition coefficient (Wildman–Crippen LogP) is 4.02. The molecule has 3 aromatic rings. The van der Waals surface area contributed by atoms with Crippen molar-refractivity contribution in [2.45, 2.75) is 18.9 Å². The van der Waals surface area contributed by atoms with E-state index in [9.17, 15) is 4.79 Å². The molecule has 158 valence electrons. The summed E-state index contributed by atoms with van der Waals surface area (Å²) in [5.74, 6) is 1.64. The van der Waals surface area contributed by atoms with Crippen LogP contribution in [0.25, 0.3) is 5.82 Å². The van der Waals surface area contributed by atoms with E-state index in [1.807, 2.05) is 48.4 Å². The first-order valence-electron chi connectivity index (χ1n) is 10.5. The largest absolute Gasteiger partial charge is 0.497 e. The number of rotatable bonds is 4. The van der Waals surface area contributed by atoms with Gasteiger partial charge in [-0.05, 0) is 55.8 Å². The third-order valence-corrected chi connectivity index (χ3v) is 6.31. The number of carbonyl (C=O) groups is 1. The van der Waals surface area contributed by atoms with Crippen LogP contribution in [-0.2, 0) is 5.54 Å². The maximum absolute atomic E-state index is 13.4. The Morgan fingerprint density at radius 3 is 2.90 bits per heavy atom. The van der Waals surface area contributed by atoms with Gasteiger partial charge in [-0.1, -0.05) is 18.2 Å². The van der Waals surface area contributed by atoms with Gasteiger partial charge < -0.3 is 19.1 Å². The zero-order valence-corrected chi connectivity index (χ0v) is 17.9. The van der Waals surface area contributed by atoms with Crippen LogP contribution in [0, 0.1) is 0 Å². The number of ether oxygens (including phenoxy) is 1. The van der Waals surface area contributed by atoms with Gasteiger partial charge in [-0.3, -0.25) is 4.79 Å². The number of hydrogen-bond acceptors (Lipinski definition) is 4. The molecule has 1 aromatic carbocycles. The van der Waals surface area contributed by atoms with Gasteiger partial charge >= 0.3 is 0 Å². The van der Waals surface area contributed by atoms with Crippen LogP contribution in [0.15, 0.2) is 73.1 Å². The second kappa shape index (κ2) is 7.30. The van der Waals surface area contributed by atoms with Crippen LogP contribution < -0.4 is 9.64 Å². The second-order valence-corrected chi connectivity index (χ2v) is 8.39. The Balaban J connectivity index is 1.56. The fourth-order valence-corrected chi connectivity index (χ4v) is 4.94. The van der Waals surface area contributed by atoms with Crippen molar-refractivity contribution in [1.29, 1.82) is 0 Å². The lowest BCUT2D eigenvalue weighted by Gasteiger charge is -2.47. The molecule has 2 aliphatic heterocycles. The molecule has 5 rings (SSSR count). The van der Waals surface area contributed by atoms with Crippen molar-refractivity contribution in [2.75, 3.05) is 31.6 Å². The smallest absolute Gasteiger partial charge is 0.254 e. The molecule has 1 amide bonds. The summed E-state index contributed by atoms with van der Waals surface area (Å²) in [5.41, 5.74) is 3.64. The Hall–Kier alpha value is -3.54. The third-order valence-electron chi connectivity index (χ3n) is 6.31. The summed E-state index contributed by atoms with van der Waals surface area (Å²) < 4.78 is 7.48. The van der Waals surface area contributed by atoms with E-state index in [2.05, 4.69) is 45.4 Å². The molecular weight excluding hydrogens is 388 g/mol. The van der Waals surface area contributed by atoms with E-state index in [-0.39, 0.29) is 11.4 Å². The molecule has 0 radical (unpaired) electrons. The maximum Gasteiger partial charge on any atom is 0.254 e. The van der Waals surface area contributed by atoms with Gasteiger partial charge in [0.2, 0.25) is 0 Å². The summed E-state index contributed by atoms with van der Waals surface area (Å²) in [4.78, 5) is 22.4. The number of nitrogens with zero attached hydrogens (tertiary/aromatic N) is 4. The highest BCUT2D eigenvalue weighted by atomic mass is 16.5. The molecule has 1 spiro atoms. The summed E-state index contributed by atoms with van der Waals surface area (Å²) in [6.07, 6.45) is 4.73. The lowest BCUT2D eigenvalue weighted by Crippen LogP contribution is -2.53. The summed E-state index contributed by atoms with van der Waals surface area (Å²) in [5, 5.41) is 0. The van der Waals surface area contributed by atoms with Crippen molar-refractivity contribution in [2.24, 2.45) is 0 Å². The Morgan fingerprint density at radius 1 is 1.23 bits per heavy atom. The van der Waals surface area contributed by atoms with Gasteiger partial charge in [-0.2, -0.15) is 0 Å². The minimum absolute atomic E-state index is 0.0288. The lowest BCUT2D eigenvalue weighted by atomic mass is 9.88. The molecule has 1 atom stereocenters. The number of benzene rings is 1. The number of amides is 1. The van der Waals surface area contributed by atoms with Crippen molar-refractivity contribution in [3.63, 3.8) is 0 Å². The van der Waals surface area contributed by atoms with Crippen molar-refractivity contribution in [3.8, 4) is 11.6 Å². The first-order valence-corrected chi connectivity index (χ1v) is 10.5. The van der Waals surface area contributed by atoms with Gasteiger partial charge in [0.15, 0.2) is 5.82 Å². The molecule has 2 aliphatic rings. The van der Waals surface area contributed by atoms with E-state index >= 15 is 0 Å². The quantitative estimate of drug-likeness (QED) is 0.605. The van der Waals surface area contributed by atoms with Gasteiger partial charge in [0.1, 0.15) is 11.3 Å². The monoisotopic (exact) mass is 414 g/mol. The summed E-state index contributed by atoms with van der Waals surface area (Å²) in [6, 6.07) is 15.7. The minimum Gasteiger partial charge on any atom is -0.497 e. The fraction of sp³-hybridized carbons (Fsp3) is 0.280. The molecule has 6 heteroatoms. The number of aromatic nitrogens is 2. The van der Waals surface area contributed by atoms with Gasteiger partial charge in [-0.15, -0.1) is 0 Å². The first-order chi connectivity index (χ1) is 15.0. The van der Waals surface area contributed by atoms with Crippen LogP contribution in [0.1, 0.15) is 29.4 Å². The Morgan fingerprint density at radius 2 is 2.10 bits per heavy atom. The molecule has 0 N–H and O–H groups in total. The molecular formula is C25H26N4O2. The van der Waals surface area contributed by atoms with Gasteiger partial charge in [0.05, 0.1) is 18.5 Å². The number of carbonyl (C=O) groups excluding carboxylic acids is 1. The summed E-state index contributed by atoms with van der Waals surface area (Å²) in [6.45, 7) is 8.23. The van der Waals surface area contributed by atoms with E-state index in [1.54, 1.807) is 7.11 Å². The number of fused-ring (bicyclic) bond motifs is 4. The van der Waals surface area contributed by atoms with Gasteiger partial charge in [-0.25, -0.2) is 4.98 Å². The van der Waals surface area contributed by atoms with Crippen molar-refractivity contribution < 1.29 is 9.53 Å². The molecule has 4 heterocycles. The SMILES string of the molecule is C=C(C)CN1c2cccnc2-n2cccc2[C@]12CCN(C(=O)c1cccc(OC)c1)C2. The second-order valence-electron chi connectivity index (χ2n) is 8.39. The highest BCUT2D eigenvalue weighted by Crippen LogP contribution is 2.47. The maximum atomic E-state index is 13.4. The molecule has 6 nitrogen and oxygen atoms in total. The molecule has 1 saturated heterocycles. The normalized spacial score (nSPS) is 19.3. The Kier molecular flexibility index (Phi) is 4.58. The first kappa shape index (κ1) is 19.4. The summed E-state index contributed by atoms with van der Waals surface area (Å²) >= 11 is 0. The number of hydrogen-bond donors (Lipinski definition) is 0.